The Labute approximate surface area is 106 Å². The standard InChI is InChI=1S/C11H20N2O5/c1-3-5-13(6-8-18-2)11(17)12-9(4-7-14)10(15)16/h3,9,14H,1,4-8H2,2H3,(H,12,17)(H,15,16). The summed E-state index contributed by atoms with van der Waals surface area (Å²) in [6, 6.07) is -1.62. The summed E-state index contributed by atoms with van der Waals surface area (Å²) in [6.45, 7) is 4.19. The second-order valence-electron chi connectivity index (χ2n) is 3.58. The number of aliphatic hydroxyl groups is 1. The zero-order chi connectivity index (χ0) is 14.0. The van der Waals surface area contributed by atoms with Crippen molar-refractivity contribution in [3.05, 3.63) is 12.7 Å². The molecule has 0 aromatic heterocycles. The van der Waals surface area contributed by atoms with Crippen LogP contribution in [0.25, 0.3) is 0 Å². The third-order valence-corrected chi connectivity index (χ3v) is 2.22. The minimum atomic E-state index is -1.18. The molecule has 18 heavy (non-hydrogen) atoms. The number of aliphatic hydroxyl groups excluding tert-OH is 1. The number of carbonyl (C=O) groups excluding carboxylic acids is 1. The van der Waals surface area contributed by atoms with Gasteiger partial charge in [0.05, 0.1) is 6.61 Å². The highest BCUT2D eigenvalue weighted by molar-refractivity contribution is 5.82. The van der Waals surface area contributed by atoms with E-state index in [9.17, 15) is 9.59 Å². The van der Waals surface area contributed by atoms with Gasteiger partial charge in [-0.05, 0) is 0 Å². The first-order valence-corrected chi connectivity index (χ1v) is 5.55. The van der Waals surface area contributed by atoms with Crippen LogP contribution in [0.3, 0.4) is 0 Å². The van der Waals surface area contributed by atoms with Crippen molar-refractivity contribution in [3.63, 3.8) is 0 Å². The zero-order valence-electron chi connectivity index (χ0n) is 10.5. The van der Waals surface area contributed by atoms with E-state index in [1.165, 1.54) is 18.1 Å². The second-order valence-corrected chi connectivity index (χ2v) is 3.58. The number of aliphatic carboxylic acids is 1. The molecule has 0 saturated heterocycles. The van der Waals surface area contributed by atoms with Crippen LogP contribution in [0.15, 0.2) is 12.7 Å². The van der Waals surface area contributed by atoms with Crippen molar-refractivity contribution in [3.8, 4) is 0 Å². The Morgan fingerprint density at radius 2 is 2.22 bits per heavy atom. The smallest absolute Gasteiger partial charge is 0.326 e. The average molecular weight is 260 g/mol. The molecule has 0 aromatic carbocycles. The third-order valence-electron chi connectivity index (χ3n) is 2.22. The van der Waals surface area contributed by atoms with Crippen LogP contribution in [0, 0.1) is 0 Å². The molecule has 0 aliphatic rings. The van der Waals surface area contributed by atoms with E-state index in [0.717, 1.165) is 0 Å². The number of hydrogen-bond donors (Lipinski definition) is 3. The van der Waals surface area contributed by atoms with Gasteiger partial charge in [0.1, 0.15) is 6.04 Å². The largest absolute Gasteiger partial charge is 0.480 e. The van der Waals surface area contributed by atoms with E-state index in [4.69, 9.17) is 14.9 Å². The molecule has 2 amide bonds. The van der Waals surface area contributed by atoms with E-state index in [1.807, 2.05) is 0 Å². The fourth-order valence-electron chi connectivity index (χ4n) is 1.26. The molecular formula is C11H20N2O5. The lowest BCUT2D eigenvalue weighted by Gasteiger charge is -2.23. The maximum atomic E-state index is 11.8. The van der Waals surface area contributed by atoms with Crippen molar-refractivity contribution in [1.29, 1.82) is 0 Å². The summed E-state index contributed by atoms with van der Waals surface area (Å²) in [6.07, 6.45) is 1.50. The van der Waals surface area contributed by atoms with E-state index < -0.39 is 18.0 Å². The zero-order valence-corrected chi connectivity index (χ0v) is 10.5. The molecule has 0 radical (unpaired) electrons. The lowest BCUT2D eigenvalue weighted by molar-refractivity contribution is -0.139. The SMILES string of the molecule is C=CCN(CCOC)C(=O)NC(CCO)C(=O)O. The maximum Gasteiger partial charge on any atom is 0.326 e. The topological polar surface area (TPSA) is 99.1 Å². The van der Waals surface area contributed by atoms with Crippen LogP contribution in [-0.2, 0) is 9.53 Å². The highest BCUT2D eigenvalue weighted by Crippen LogP contribution is 1.96. The van der Waals surface area contributed by atoms with Crippen molar-refractivity contribution in [2.45, 2.75) is 12.5 Å². The predicted octanol–water partition coefficient (Wildman–Crippen LogP) is -0.334. The molecule has 0 spiro atoms. The molecule has 0 aliphatic heterocycles. The number of hydrogen-bond acceptors (Lipinski definition) is 4. The summed E-state index contributed by atoms with van der Waals surface area (Å²) in [5.41, 5.74) is 0. The fraction of sp³-hybridized carbons (Fsp3) is 0.636. The summed E-state index contributed by atoms with van der Waals surface area (Å²) in [4.78, 5) is 24.0. The van der Waals surface area contributed by atoms with Gasteiger partial charge in [-0.2, -0.15) is 0 Å². The van der Waals surface area contributed by atoms with E-state index in [2.05, 4.69) is 11.9 Å². The summed E-state index contributed by atoms with van der Waals surface area (Å²) in [5, 5.41) is 19.9. The molecule has 0 saturated carbocycles. The first-order chi connectivity index (χ1) is 8.56. The van der Waals surface area contributed by atoms with Gasteiger partial charge in [-0.25, -0.2) is 9.59 Å². The van der Waals surface area contributed by atoms with Crippen LogP contribution >= 0.6 is 0 Å². The second kappa shape index (κ2) is 9.43. The number of methoxy groups -OCH3 is 1. The number of carbonyl (C=O) groups is 2. The Bertz CT molecular complexity index is 283. The van der Waals surface area contributed by atoms with E-state index in [0.29, 0.717) is 19.7 Å². The third kappa shape index (κ3) is 6.21. The number of urea groups is 1. The first-order valence-electron chi connectivity index (χ1n) is 5.55. The molecule has 0 aromatic rings. The van der Waals surface area contributed by atoms with Gasteiger partial charge in [0.15, 0.2) is 0 Å². The molecule has 0 aliphatic carbocycles. The van der Waals surface area contributed by atoms with Gasteiger partial charge in [-0.1, -0.05) is 6.08 Å². The van der Waals surface area contributed by atoms with Gasteiger partial charge in [0, 0.05) is 33.2 Å². The summed E-state index contributed by atoms with van der Waals surface area (Å²) in [5.74, 6) is -1.18. The number of amides is 2. The number of nitrogens with zero attached hydrogens (tertiary/aromatic N) is 1. The van der Waals surface area contributed by atoms with Gasteiger partial charge < -0.3 is 25.2 Å². The highest BCUT2D eigenvalue weighted by atomic mass is 16.5. The monoisotopic (exact) mass is 260 g/mol. The van der Waals surface area contributed by atoms with Crippen molar-refractivity contribution in [1.82, 2.24) is 10.2 Å². The average Bonchev–Trinajstić information content (AvgIpc) is 2.33. The molecule has 7 nitrogen and oxygen atoms in total. The Morgan fingerprint density at radius 3 is 2.67 bits per heavy atom. The fourth-order valence-corrected chi connectivity index (χ4v) is 1.26. The van der Waals surface area contributed by atoms with Crippen molar-refractivity contribution < 1.29 is 24.5 Å². The molecule has 3 N–H and O–H groups in total. The molecule has 0 bridgehead atoms. The lowest BCUT2D eigenvalue weighted by atomic mass is 10.2. The maximum absolute atomic E-state index is 11.8. The normalized spacial score (nSPS) is 11.7. The molecule has 0 fully saturated rings. The summed E-state index contributed by atoms with van der Waals surface area (Å²) < 4.78 is 4.86. The predicted molar refractivity (Wildman–Crippen MR) is 65.3 cm³/mol. The number of carboxylic acid groups (broad SMARTS) is 1. The van der Waals surface area contributed by atoms with Gasteiger partial charge in [-0.3, -0.25) is 0 Å². The van der Waals surface area contributed by atoms with E-state index >= 15 is 0 Å². The Hall–Kier alpha value is -1.60. The molecule has 0 heterocycles. The summed E-state index contributed by atoms with van der Waals surface area (Å²) >= 11 is 0. The quantitative estimate of drug-likeness (QED) is 0.493. The lowest BCUT2D eigenvalue weighted by Crippen LogP contribution is -2.49. The highest BCUT2D eigenvalue weighted by Gasteiger charge is 2.21. The van der Waals surface area contributed by atoms with Crippen molar-refractivity contribution in [2.75, 3.05) is 33.4 Å². The van der Waals surface area contributed by atoms with Crippen LogP contribution in [0.1, 0.15) is 6.42 Å². The van der Waals surface area contributed by atoms with Crippen LogP contribution in [-0.4, -0.2) is 66.6 Å². The summed E-state index contributed by atoms with van der Waals surface area (Å²) in [7, 11) is 1.51. The molecule has 7 heteroatoms. The molecule has 0 rings (SSSR count). The number of carboxylic acids is 1. The van der Waals surface area contributed by atoms with Crippen LogP contribution in [0.4, 0.5) is 4.79 Å². The van der Waals surface area contributed by atoms with Crippen LogP contribution in [0.2, 0.25) is 0 Å². The van der Waals surface area contributed by atoms with E-state index in [-0.39, 0.29) is 13.0 Å². The van der Waals surface area contributed by atoms with Crippen LogP contribution in [0.5, 0.6) is 0 Å². The number of ether oxygens (including phenoxy) is 1. The van der Waals surface area contributed by atoms with Gasteiger partial charge in [-0.15, -0.1) is 6.58 Å². The molecule has 1 unspecified atom stereocenters. The Balaban J connectivity index is 4.44. The van der Waals surface area contributed by atoms with Gasteiger partial charge in [0.25, 0.3) is 0 Å². The van der Waals surface area contributed by atoms with E-state index in [1.54, 1.807) is 0 Å². The van der Waals surface area contributed by atoms with Gasteiger partial charge >= 0.3 is 12.0 Å². The number of nitrogens with one attached hydrogen (secondary N) is 1. The van der Waals surface area contributed by atoms with Gasteiger partial charge in [0.2, 0.25) is 0 Å². The van der Waals surface area contributed by atoms with Crippen LogP contribution < -0.4 is 5.32 Å². The van der Waals surface area contributed by atoms with Crippen molar-refractivity contribution >= 4 is 12.0 Å². The molecular weight excluding hydrogens is 240 g/mol. The Kier molecular flexibility index (Phi) is 8.59. The molecule has 104 valence electrons. The molecule has 1 atom stereocenters. The first kappa shape index (κ1) is 16.4. The minimum Gasteiger partial charge on any atom is -0.480 e. The van der Waals surface area contributed by atoms with Crippen molar-refractivity contribution in [2.24, 2.45) is 0 Å². The number of rotatable bonds is 9. The minimum absolute atomic E-state index is 0.0344. The Morgan fingerprint density at radius 1 is 1.56 bits per heavy atom.